The van der Waals surface area contributed by atoms with Crippen LogP contribution in [0.25, 0.3) is 33.5 Å². The lowest BCUT2D eigenvalue weighted by atomic mass is 10.2. The molecule has 4 aromatic carbocycles. The third-order valence-corrected chi connectivity index (χ3v) is 6.98. The Morgan fingerprint density at radius 3 is 2.62 bits per heavy atom. The van der Waals surface area contributed by atoms with Crippen molar-refractivity contribution in [3.8, 4) is 23.1 Å². The first-order chi connectivity index (χ1) is 21.8. The van der Waals surface area contributed by atoms with E-state index < -0.39 is 28.7 Å². The molecule has 0 atom stereocenters. The van der Waals surface area contributed by atoms with Gasteiger partial charge < -0.3 is 19.2 Å². The number of aromatic nitrogens is 2. The second kappa shape index (κ2) is 12.3. The molecule has 0 aliphatic heterocycles. The summed E-state index contributed by atoms with van der Waals surface area (Å²) in [6.07, 6.45) is 1.23. The van der Waals surface area contributed by atoms with Crippen molar-refractivity contribution in [1.29, 1.82) is 0 Å². The fourth-order valence-electron chi connectivity index (χ4n) is 4.65. The molecule has 0 aliphatic rings. The zero-order valence-corrected chi connectivity index (χ0v) is 24.2. The van der Waals surface area contributed by atoms with E-state index in [-0.39, 0.29) is 22.9 Å². The molecule has 6 aromatic rings. The molecule has 0 saturated heterocycles. The van der Waals surface area contributed by atoms with E-state index in [1.165, 1.54) is 31.5 Å². The number of rotatable bonds is 9. The maximum Gasteiger partial charge on any atom is 0.311 e. The first-order valence-electron chi connectivity index (χ1n) is 13.4. The smallest absolute Gasteiger partial charge is 0.311 e. The van der Waals surface area contributed by atoms with Crippen molar-refractivity contribution < 1.29 is 23.6 Å². The molecule has 13 heteroatoms. The van der Waals surface area contributed by atoms with Crippen molar-refractivity contribution in [3.63, 3.8) is 0 Å². The minimum absolute atomic E-state index is 0.0865. The number of fused-ring (bicyclic) bond motifs is 2. The van der Waals surface area contributed by atoms with Crippen LogP contribution in [0, 0.1) is 10.1 Å². The van der Waals surface area contributed by atoms with Crippen LogP contribution < -0.4 is 20.3 Å². The van der Waals surface area contributed by atoms with E-state index in [2.05, 4.69) is 15.4 Å². The number of benzene rings is 4. The molecule has 2 heterocycles. The third kappa shape index (κ3) is 5.94. The molecule has 1 amide bonds. The maximum absolute atomic E-state index is 13.7. The van der Waals surface area contributed by atoms with Crippen LogP contribution >= 0.6 is 11.6 Å². The summed E-state index contributed by atoms with van der Waals surface area (Å²) in [6, 6.07) is 24.4. The number of ether oxygens (including phenoxy) is 2. The van der Waals surface area contributed by atoms with Gasteiger partial charge in [0.05, 0.1) is 34.5 Å². The summed E-state index contributed by atoms with van der Waals surface area (Å²) in [5.41, 5.74) is 0.634. The number of nitrogens with zero attached hydrogens (tertiary/aromatic N) is 4. The summed E-state index contributed by atoms with van der Waals surface area (Å²) in [4.78, 5) is 42.2. The van der Waals surface area contributed by atoms with Crippen LogP contribution in [-0.4, -0.2) is 40.4 Å². The number of carbonyl (C=O) groups is 1. The van der Waals surface area contributed by atoms with Gasteiger partial charge in [0.15, 0.2) is 12.4 Å². The molecule has 6 rings (SSSR count). The molecular formula is C32H22ClN5O7. The SMILES string of the molecule is COc1cccc2oc(-c3nc4ccccc4c(=O)n3N=Cc3cccc([N+](=O)[O-])c3OCC(=O)Nc3ccc(Cl)cc3)cc12. The monoisotopic (exact) mass is 623 g/mol. The highest BCUT2D eigenvalue weighted by molar-refractivity contribution is 6.30. The van der Waals surface area contributed by atoms with Gasteiger partial charge >= 0.3 is 5.69 Å². The van der Waals surface area contributed by atoms with E-state index in [4.69, 9.17) is 25.5 Å². The predicted molar refractivity (Wildman–Crippen MR) is 169 cm³/mol. The number of nitro groups is 1. The van der Waals surface area contributed by atoms with Gasteiger partial charge in [-0.05, 0) is 60.7 Å². The maximum atomic E-state index is 13.7. The van der Waals surface area contributed by atoms with Crippen LogP contribution in [0.15, 0.2) is 105 Å². The van der Waals surface area contributed by atoms with E-state index in [1.807, 2.05) is 0 Å². The number of amides is 1. The van der Waals surface area contributed by atoms with Gasteiger partial charge in [-0.25, -0.2) is 4.98 Å². The number of nitrogens with one attached hydrogen (secondary N) is 1. The minimum atomic E-state index is -0.638. The van der Waals surface area contributed by atoms with Gasteiger partial charge in [0, 0.05) is 22.3 Å². The highest BCUT2D eigenvalue weighted by atomic mass is 35.5. The van der Waals surface area contributed by atoms with E-state index in [9.17, 15) is 19.7 Å². The van der Waals surface area contributed by atoms with Crippen molar-refractivity contribution >= 4 is 57.0 Å². The Kier molecular flexibility index (Phi) is 7.95. The van der Waals surface area contributed by atoms with Crippen LogP contribution in [0.3, 0.4) is 0 Å². The van der Waals surface area contributed by atoms with Crippen LogP contribution in [0.1, 0.15) is 5.56 Å². The standard InChI is InChI=1S/C32H22ClN5O7/c1-43-26-10-5-11-27-23(26)16-28(45-27)31-36-24-8-3-2-7-22(24)32(40)37(31)34-17-19-6-4-9-25(38(41)42)30(19)44-18-29(39)35-21-14-12-20(33)13-15-21/h2-17H,18H2,1H3,(H,35,39). The molecule has 0 radical (unpaired) electrons. The second-order valence-electron chi connectivity index (χ2n) is 9.59. The average molecular weight is 624 g/mol. The summed E-state index contributed by atoms with van der Waals surface area (Å²) in [6.45, 7) is -0.544. The van der Waals surface area contributed by atoms with Crippen molar-refractivity contribution in [2.75, 3.05) is 19.0 Å². The van der Waals surface area contributed by atoms with E-state index in [1.54, 1.807) is 72.8 Å². The fraction of sp³-hybridized carbons (Fsp3) is 0.0625. The van der Waals surface area contributed by atoms with Crippen molar-refractivity contribution in [2.24, 2.45) is 5.10 Å². The van der Waals surface area contributed by atoms with Crippen LogP contribution in [0.4, 0.5) is 11.4 Å². The average Bonchev–Trinajstić information content (AvgIpc) is 3.49. The topological polar surface area (TPSA) is 151 Å². The zero-order chi connectivity index (χ0) is 31.5. The number of hydrogen-bond acceptors (Lipinski definition) is 9. The molecule has 0 fully saturated rings. The molecule has 0 unspecified atom stereocenters. The lowest BCUT2D eigenvalue weighted by molar-refractivity contribution is -0.385. The number of carbonyl (C=O) groups excluding carboxylic acids is 1. The summed E-state index contributed by atoms with van der Waals surface area (Å²) in [5, 5.41) is 20.4. The molecule has 0 spiro atoms. The van der Waals surface area contributed by atoms with E-state index >= 15 is 0 Å². The molecule has 0 bridgehead atoms. The number of nitro benzene ring substituents is 1. The van der Waals surface area contributed by atoms with Gasteiger partial charge in [0.2, 0.25) is 11.6 Å². The number of halogens is 1. The zero-order valence-electron chi connectivity index (χ0n) is 23.5. The molecule has 224 valence electrons. The third-order valence-electron chi connectivity index (χ3n) is 6.72. The molecule has 0 aliphatic carbocycles. The number of para-hydroxylation sites is 2. The quantitative estimate of drug-likeness (QED) is 0.112. The predicted octanol–water partition coefficient (Wildman–Crippen LogP) is 6.28. The lowest BCUT2D eigenvalue weighted by Crippen LogP contribution is -2.21. The van der Waals surface area contributed by atoms with Crippen LogP contribution in [0.5, 0.6) is 11.5 Å². The molecule has 12 nitrogen and oxygen atoms in total. The first kappa shape index (κ1) is 29.1. The Bertz CT molecular complexity index is 2170. The Morgan fingerprint density at radius 2 is 1.84 bits per heavy atom. The fourth-order valence-corrected chi connectivity index (χ4v) is 4.77. The Hall–Kier alpha value is -6.01. The summed E-state index contributed by atoms with van der Waals surface area (Å²) in [7, 11) is 1.54. The molecular weight excluding hydrogens is 602 g/mol. The lowest BCUT2D eigenvalue weighted by Gasteiger charge is -2.11. The van der Waals surface area contributed by atoms with Gasteiger partial charge in [-0.2, -0.15) is 9.78 Å². The number of methoxy groups -OCH3 is 1. The largest absolute Gasteiger partial charge is 0.496 e. The summed E-state index contributed by atoms with van der Waals surface area (Å²) >= 11 is 5.89. The normalized spacial score (nSPS) is 11.2. The number of anilines is 1. The molecule has 1 N–H and O–H groups in total. The summed E-state index contributed by atoms with van der Waals surface area (Å²) < 4.78 is 18.2. The number of furan rings is 1. The first-order valence-corrected chi connectivity index (χ1v) is 13.8. The van der Waals surface area contributed by atoms with Crippen molar-refractivity contribution in [1.82, 2.24) is 9.66 Å². The van der Waals surface area contributed by atoms with Gasteiger partial charge in [-0.15, -0.1) is 0 Å². The highest BCUT2D eigenvalue weighted by Crippen LogP contribution is 2.33. The minimum Gasteiger partial charge on any atom is -0.496 e. The van der Waals surface area contributed by atoms with Gasteiger partial charge in [-0.3, -0.25) is 19.7 Å². The second-order valence-corrected chi connectivity index (χ2v) is 10.0. The Labute approximate surface area is 259 Å². The van der Waals surface area contributed by atoms with Crippen molar-refractivity contribution in [3.05, 3.63) is 122 Å². The Balaban J connectivity index is 1.40. The Morgan fingerprint density at radius 1 is 1.07 bits per heavy atom. The van der Waals surface area contributed by atoms with E-state index in [0.29, 0.717) is 38.3 Å². The summed E-state index contributed by atoms with van der Waals surface area (Å²) in [5.74, 6) is 0.122. The van der Waals surface area contributed by atoms with Gasteiger partial charge in [0.1, 0.15) is 11.3 Å². The molecule has 2 aromatic heterocycles. The highest BCUT2D eigenvalue weighted by Gasteiger charge is 2.21. The molecule has 0 saturated carbocycles. The van der Waals surface area contributed by atoms with Crippen molar-refractivity contribution in [2.45, 2.75) is 0 Å². The van der Waals surface area contributed by atoms with Crippen LogP contribution in [0.2, 0.25) is 5.02 Å². The van der Waals surface area contributed by atoms with Crippen LogP contribution in [-0.2, 0) is 4.79 Å². The van der Waals surface area contributed by atoms with Gasteiger partial charge in [0.25, 0.3) is 11.5 Å². The van der Waals surface area contributed by atoms with Gasteiger partial charge in [-0.1, -0.05) is 35.9 Å². The number of hydrogen-bond donors (Lipinski definition) is 1. The molecule has 45 heavy (non-hydrogen) atoms. The van der Waals surface area contributed by atoms with E-state index in [0.717, 1.165) is 4.68 Å².